The summed E-state index contributed by atoms with van der Waals surface area (Å²) in [6.07, 6.45) is 0.334. The fourth-order valence-corrected chi connectivity index (χ4v) is 2.17. The van der Waals surface area contributed by atoms with Crippen molar-refractivity contribution in [1.29, 1.82) is 0 Å². The van der Waals surface area contributed by atoms with Gasteiger partial charge in [-0.15, -0.1) is 0 Å². The summed E-state index contributed by atoms with van der Waals surface area (Å²) in [6, 6.07) is 7.42. The SMILES string of the molecule is CC(C)C(NC(=O)CC(N)C(C)(C)C)c1ccc(Cl)cc1. The van der Waals surface area contributed by atoms with E-state index in [1.807, 2.05) is 45.0 Å². The molecule has 0 aromatic heterocycles. The van der Waals surface area contributed by atoms with E-state index in [1.165, 1.54) is 0 Å². The molecule has 0 heterocycles. The van der Waals surface area contributed by atoms with E-state index in [4.69, 9.17) is 17.3 Å². The van der Waals surface area contributed by atoms with Gasteiger partial charge in [-0.25, -0.2) is 0 Å². The number of rotatable bonds is 5. The summed E-state index contributed by atoms with van der Waals surface area (Å²) < 4.78 is 0. The van der Waals surface area contributed by atoms with E-state index in [9.17, 15) is 4.79 Å². The summed E-state index contributed by atoms with van der Waals surface area (Å²) in [4.78, 5) is 12.2. The zero-order chi connectivity index (χ0) is 16.2. The number of halogens is 1. The molecule has 4 heteroatoms. The molecule has 3 N–H and O–H groups in total. The fraction of sp³-hybridized carbons (Fsp3) is 0.588. The summed E-state index contributed by atoms with van der Waals surface area (Å²) in [5.74, 6) is 0.284. The Hall–Kier alpha value is -1.06. The summed E-state index contributed by atoms with van der Waals surface area (Å²) >= 11 is 5.92. The Morgan fingerprint density at radius 2 is 1.76 bits per heavy atom. The van der Waals surface area contributed by atoms with Gasteiger partial charge in [-0.05, 0) is 29.0 Å². The standard InChI is InChI=1S/C17H27ClN2O/c1-11(2)16(12-6-8-13(18)9-7-12)20-15(21)10-14(19)17(3,4)5/h6-9,11,14,16H,10,19H2,1-5H3,(H,20,21). The molecule has 118 valence electrons. The molecule has 3 nitrogen and oxygen atoms in total. The highest BCUT2D eigenvalue weighted by Gasteiger charge is 2.25. The van der Waals surface area contributed by atoms with E-state index in [-0.39, 0.29) is 23.4 Å². The van der Waals surface area contributed by atoms with Gasteiger partial charge in [-0.3, -0.25) is 4.79 Å². The lowest BCUT2D eigenvalue weighted by atomic mass is 9.85. The molecule has 21 heavy (non-hydrogen) atoms. The molecule has 0 spiro atoms. The summed E-state index contributed by atoms with van der Waals surface area (Å²) in [5, 5.41) is 3.79. The Balaban J connectivity index is 2.75. The van der Waals surface area contributed by atoms with Crippen LogP contribution in [0.5, 0.6) is 0 Å². The van der Waals surface area contributed by atoms with Gasteiger partial charge >= 0.3 is 0 Å². The molecule has 0 radical (unpaired) electrons. The molecule has 1 amide bonds. The topological polar surface area (TPSA) is 55.1 Å². The van der Waals surface area contributed by atoms with Crippen LogP contribution in [0.25, 0.3) is 0 Å². The van der Waals surface area contributed by atoms with Crippen LogP contribution >= 0.6 is 11.6 Å². The van der Waals surface area contributed by atoms with Crippen LogP contribution in [0.3, 0.4) is 0 Å². The van der Waals surface area contributed by atoms with Gasteiger partial charge in [-0.1, -0.05) is 58.4 Å². The second-order valence-electron chi connectivity index (χ2n) is 7.02. The Kier molecular flexibility index (Phi) is 6.24. The molecule has 0 aliphatic rings. The predicted octanol–water partition coefficient (Wildman–Crippen LogP) is 3.92. The lowest BCUT2D eigenvalue weighted by Crippen LogP contribution is -2.41. The molecular weight excluding hydrogens is 284 g/mol. The van der Waals surface area contributed by atoms with Gasteiger partial charge in [0.2, 0.25) is 5.91 Å². The van der Waals surface area contributed by atoms with Crippen molar-refractivity contribution in [2.45, 2.75) is 53.1 Å². The number of nitrogens with one attached hydrogen (secondary N) is 1. The molecule has 0 aliphatic carbocycles. The first-order valence-corrected chi connectivity index (χ1v) is 7.79. The monoisotopic (exact) mass is 310 g/mol. The van der Waals surface area contributed by atoms with Crippen molar-refractivity contribution >= 4 is 17.5 Å². The summed E-state index contributed by atoms with van der Waals surface area (Å²) in [7, 11) is 0. The van der Waals surface area contributed by atoms with Crippen molar-refractivity contribution in [2.75, 3.05) is 0 Å². The third-order valence-corrected chi connectivity index (χ3v) is 3.98. The zero-order valence-corrected chi connectivity index (χ0v) is 14.4. The van der Waals surface area contributed by atoms with Crippen molar-refractivity contribution in [2.24, 2.45) is 17.1 Å². The maximum Gasteiger partial charge on any atom is 0.222 e. The van der Waals surface area contributed by atoms with Crippen LogP contribution in [0.4, 0.5) is 0 Å². The highest BCUT2D eigenvalue weighted by atomic mass is 35.5. The van der Waals surface area contributed by atoms with Crippen molar-refractivity contribution < 1.29 is 4.79 Å². The van der Waals surface area contributed by atoms with Gasteiger partial charge in [0.1, 0.15) is 0 Å². The second-order valence-corrected chi connectivity index (χ2v) is 7.45. The molecule has 2 unspecified atom stereocenters. The van der Waals surface area contributed by atoms with Gasteiger partial charge in [0.25, 0.3) is 0 Å². The average molecular weight is 311 g/mol. The van der Waals surface area contributed by atoms with E-state index in [0.29, 0.717) is 17.4 Å². The molecule has 1 rings (SSSR count). The number of hydrogen-bond donors (Lipinski definition) is 2. The van der Waals surface area contributed by atoms with Gasteiger partial charge < -0.3 is 11.1 Å². The number of nitrogens with two attached hydrogens (primary N) is 1. The van der Waals surface area contributed by atoms with Gasteiger partial charge in [0.15, 0.2) is 0 Å². The van der Waals surface area contributed by atoms with E-state index >= 15 is 0 Å². The first-order valence-electron chi connectivity index (χ1n) is 7.41. The highest BCUT2D eigenvalue weighted by molar-refractivity contribution is 6.30. The minimum Gasteiger partial charge on any atom is -0.349 e. The summed E-state index contributed by atoms with van der Waals surface area (Å²) in [6.45, 7) is 10.3. The Morgan fingerprint density at radius 1 is 1.24 bits per heavy atom. The normalized spacial score (nSPS) is 14.9. The fourth-order valence-electron chi connectivity index (χ4n) is 2.04. The lowest BCUT2D eigenvalue weighted by Gasteiger charge is -2.28. The average Bonchev–Trinajstić information content (AvgIpc) is 2.35. The minimum absolute atomic E-state index is 0.00826. The Labute approximate surface area is 133 Å². The number of amides is 1. The van der Waals surface area contributed by atoms with Gasteiger partial charge in [-0.2, -0.15) is 0 Å². The van der Waals surface area contributed by atoms with Crippen molar-refractivity contribution in [1.82, 2.24) is 5.32 Å². The van der Waals surface area contributed by atoms with Gasteiger partial charge in [0.05, 0.1) is 6.04 Å². The van der Waals surface area contributed by atoms with Crippen LogP contribution in [0, 0.1) is 11.3 Å². The first kappa shape index (κ1) is 18.0. The van der Waals surface area contributed by atoms with E-state index in [1.54, 1.807) is 0 Å². The second kappa shape index (κ2) is 7.28. The van der Waals surface area contributed by atoms with Crippen LogP contribution in [0.2, 0.25) is 5.02 Å². The molecule has 2 atom stereocenters. The molecule has 0 fully saturated rings. The van der Waals surface area contributed by atoms with Crippen molar-refractivity contribution in [3.63, 3.8) is 0 Å². The lowest BCUT2D eigenvalue weighted by molar-refractivity contribution is -0.123. The molecule has 1 aromatic carbocycles. The van der Waals surface area contributed by atoms with E-state index in [0.717, 1.165) is 5.56 Å². The third-order valence-electron chi connectivity index (χ3n) is 3.73. The van der Waals surface area contributed by atoms with E-state index in [2.05, 4.69) is 19.2 Å². The quantitative estimate of drug-likeness (QED) is 0.866. The molecule has 0 bridgehead atoms. The molecular formula is C17H27ClN2O. The first-order chi connectivity index (χ1) is 9.61. The molecule has 0 aliphatic heterocycles. The van der Waals surface area contributed by atoms with E-state index < -0.39 is 0 Å². The molecule has 1 aromatic rings. The van der Waals surface area contributed by atoms with Crippen LogP contribution in [-0.4, -0.2) is 11.9 Å². The maximum absolute atomic E-state index is 12.2. The smallest absolute Gasteiger partial charge is 0.222 e. The third kappa shape index (κ3) is 5.68. The number of benzene rings is 1. The zero-order valence-electron chi connectivity index (χ0n) is 13.6. The predicted molar refractivity (Wildman–Crippen MR) is 89.2 cm³/mol. The van der Waals surface area contributed by atoms with Crippen LogP contribution < -0.4 is 11.1 Å². The van der Waals surface area contributed by atoms with Crippen LogP contribution in [-0.2, 0) is 4.79 Å². The number of carbonyl (C=O) groups is 1. The van der Waals surface area contributed by atoms with Crippen LogP contribution in [0.15, 0.2) is 24.3 Å². The van der Waals surface area contributed by atoms with Crippen LogP contribution in [0.1, 0.15) is 52.6 Å². The van der Waals surface area contributed by atoms with Crippen molar-refractivity contribution in [3.8, 4) is 0 Å². The molecule has 0 saturated heterocycles. The van der Waals surface area contributed by atoms with Gasteiger partial charge in [0, 0.05) is 17.5 Å². The largest absolute Gasteiger partial charge is 0.349 e. The highest BCUT2D eigenvalue weighted by Crippen LogP contribution is 2.24. The minimum atomic E-state index is -0.157. The Morgan fingerprint density at radius 3 is 2.19 bits per heavy atom. The maximum atomic E-state index is 12.2. The van der Waals surface area contributed by atoms with Crippen molar-refractivity contribution in [3.05, 3.63) is 34.9 Å². The summed E-state index contributed by atoms with van der Waals surface area (Å²) in [5.41, 5.74) is 7.07. The molecule has 0 saturated carbocycles. The number of carbonyl (C=O) groups excluding carboxylic acids is 1. The number of hydrogen-bond acceptors (Lipinski definition) is 2. The Bertz CT molecular complexity index is 463.